The van der Waals surface area contributed by atoms with Gasteiger partial charge in [0.25, 0.3) is 5.91 Å². The van der Waals surface area contributed by atoms with Crippen molar-refractivity contribution >= 4 is 11.7 Å². The molecule has 1 unspecified atom stereocenters. The quantitative estimate of drug-likeness (QED) is 0.793. The van der Waals surface area contributed by atoms with Crippen LogP contribution in [0.15, 0.2) is 36.7 Å². The maximum atomic E-state index is 12.5. The molecule has 4 heterocycles. The Labute approximate surface area is 165 Å². The summed E-state index contributed by atoms with van der Waals surface area (Å²) in [5.74, 6) is 1.32. The summed E-state index contributed by atoms with van der Waals surface area (Å²) in [7, 11) is 0. The van der Waals surface area contributed by atoms with E-state index in [0.717, 1.165) is 43.9 Å². The van der Waals surface area contributed by atoms with Gasteiger partial charge in [0.15, 0.2) is 0 Å². The number of aromatic nitrogens is 2. The monoisotopic (exact) mass is 382 g/mol. The Kier molecular flexibility index (Phi) is 6.01. The highest BCUT2D eigenvalue weighted by atomic mass is 16.5. The predicted octanol–water partition coefficient (Wildman–Crippen LogP) is 2.56. The van der Waals surface area contributed by atoms with E-state index in [1.807, 2.05) is 12.1 Å². The van der Waals surface area contributed by atoms with Gasteiger partial charge in [-0.25, -0.2) is 9.97 Å². The summed E-state index contributed by atoms with van der Waals surface area (Å²) in [6.07, 6.45) is 7.98. The Morgan fingerprint density at radius 2 is 2.11 bits per heavy atom. The molecule has 1 N–H and O–H groups in total. The summed E-state index contributed by atoms with van der Waals surface area (Å²) in [6, 6.07) is 7.38. The number of pyridine rings is 2. The van der Waals surface area contributed by atoms with Gasteiger partial charge in [-0.15, -0.1) is 0 Å². The molecule has 2 saturated heterocycles. The van der Waals surface area contributed by atoms with E-state index in [4.69, 9.17) is 9.47 Å². The number of nitrogens with zero attached hydrogens (tertiary/aromatic N) is 3. The van der Waals surface area contributed by atoms with Crippen molar-refractivity contribution in [1.82, 2.24) is 15.3 Å². The Morgan fingerprint density at radius 3 is 2.86 bits per heavy atom. The highest BCUT2D eigenvalue weighted by molar-refractivity contribution is 5.93. The van der Waals surface area contributed by atoms with Crippen LogP contribution in [0.25, 0.3) is 0 Å². The van der Waals surface area contributed by atoms with Gasteiger partial charge in [0.2, 0.25) is 5.88 Å². The summed E-state index contributed by atoms with van der Waals surface area (Å²) in [5.41, 5.74) is 1.54. The summed E-state index contributed by atoms with van der Waals surface area (Å²) in [5, 5.41) is 2.97. The molecule has 7 nitrogen and oxygen atoms in total. The molecule has 0 aromatic carbocycles. The van der Waals surface area contributed by atoms with Crippen LogP contribution in [0.1, 0.15) is 41.6 Å². The first-order valence-electron chi connectivity index (χ1n) is 9.97. The molecule has 148 valence electrons. The van der Waals surface area contributed by atoms with Crippen molar-refractivity contribution in [2.24, 2.45) is 0 Å². The van der Waals surface area contributed by atoms with Crippen LogP contribution in [-0.4, -0.2) is 48.3 Å². The number of carbonyl (C=O) groups is 1. The molecule has 28 heavy (non-hydrogen) atoms. The maximum absolute atomic E-state index is 12.5. The fourth-order valence-electron chi connectivity index (χ4n) is 3.61. The molecule has 2 aromatic rings. The maximum Gasteiger partial charge on any atom is 0.253 e. The van der Waals surface area contributed by atoms with Crippen LogP contribution in [0.2, 0.25) is 0 Å². The van der Waals surface area contributed by atoms with Gasteiger partial charge in [0.1, 0.15) is 12.4 Å². The second kappa shape index (κ2) is 9.01. The van der Waals surface area contributed by atoms with Crippen LogP contribution in [0.3, 0.4) is 0 Å². The number of amides is 1. The summed E-state index contributed by atoms with van der Waals surface area (Å²) in [4.78, 5) is 23.5. The molecular formula is C21H26N4O3. The van der Waals surface area contributed by atoms with Gasteiger partial charge in [0.05, 0.1) is 11.7 Å². The standard InChI is InChI=1S/C21H26N4O3/c26-21(17-7-8-19(23-14-17)28-15-18-6-4-12-27-18)24-13-16-5-3-9-22-20(16)25-10-1-2-11-25/h3,5,7-9,14,18H,1-2,4,6,10-13,15H2,(H,24,26). The van der Waals surface area contributed by atoms with Crippen molar-refractivity contribution in [1.29, 1.82) is 0 Å². The van der Waals surface area contributed by atoms with Gasteiger partial charge in [-0.1, -0.05) is 6.07 Å². The lowest BCUT2D eigenvalue weighted by molar-refractivity contribution is 0.0663. The smallest absolute Gasteiger partial charge is 0.253 e. The normalized spacial score (nSPS) is 19.0. The van der Waals surface area contributed by atoms with E-state index in [0.29, 0.717) is 24.6 Å². The Balaban J connectivity index is 1.31. The topological polar surface area (TPSA) is 76.6 Å². The predicted molar refractivity (Wildman–Crippen MR) is 106 cm³/mol. The zero-order chi connectivity index (χ0) is 19.2. The highest BCUT2D eigenvalue weighted by Crippen LogP contribution is 2.22. The highest BCUT2D eigenvalue weighted by Gasteiger charge is 2.18. The molecule has 2 aliphatic heterocycles. The number of rotatable bonds is 7. The van der Waals surface area contributed by atoms with Gasteiger partial charge < -0.3 is 19.7 Å². The number of hydrogen-bond donors (Lipinski definition) is 1. The third-order valence-corrected chi connectivity index (χ3v) is 5.15. The molecule has 4 rings (SSSR count). The van der Waals surface area contributed by atoms with Crippen LogP contribution in [0, 0.1) is 0 Å². The minimum atomic E-state index is -0.158. The van der Waals surface area contributed by atoms with Gasteiger partial charge in [-0.2, -0.15) is 0 Å². The second-order valence-corrected chi connectivity index (χ2v) is 7.19. The van der Waals surface area contributed by atoms with Crippen molar-refractivity contribution in [2.75, 3.05) is 31.2 Å². The SMILES string of the molecule is O=C(NCc1cccnc1N1CCCC1)c1ccc(OCC2CCCO2)nc1. The average Bonchev–Trinajstić information content (AvgIpc) is 3.45. The number of hydrogen-bond acceptors (Lipinski definition) is 6. The average molecular weight is 382 g/mol. The van der Waals surface area contributed by atoms with E-state index in [1.165, 1.54) is 12.8 Å². The van der Waals surface area contributed by atoms with Crippen LogP contribution < -0.4 is 15.0 Å². The fraction of sp³-hybridized carbons (Fsp3) is 0.476. The molecule has 0 bridgehead atoms. The van der Waals surface area contributed by atoms with Crippen molar-refractivity contribution in [3.63, 3.8) is 0 Å². The first-order valence-corrected chi connectivity index (χ1v) is 9.97. The first-order chi connectivity index (χ1) is 13.8. The molecule has 0 radical (unpaired) electrons. The molecule has 7 heteroatoms. The van der Waals surface area contributed by atoms with Crippen LogP contribution in [-0.2, 0) is 11.3 Å². The Hall–Kier alpha value is -2.67. The van der Waals surface area contributed by atoms with Crippen molar-refractivity contribution in [2.45, 2.75) is 38.3 Å². The van der Waals surface area contributed by atoms with E-state index in [1.54, 1.807) is 24.5 Å². The summed E-state index contributed by atoms with van der Waals surface area (Å²) in [6.45, 7) is 3.79. The molecule has 0 spiro atoms. The van der Waals surface area contributed by atoms with Gasteiger partial charge >= 0.3 is 0 Å². The zero-order valence-corrected chi connectivity index (χ0v) is 16.0. The molecule has 2 aromatic heterocycles. The third-order valence-electron chi connectivity index (χ3n) is 5.15. The molecular weight excluding hydrogens is 356 g/mol. The first kappa shape index (κ1) is 18.7. The summed E-state index contributed by atoms with van der Waals surface area (Å²) >= 11 is 0. The van der Waals surface area contributed by atoms with Gasteiger partial charge in [0, 0.05) is 50.3 Å². The van der Waals surface area contributed by atoms with E-state index in [9.17, 15) is 4.79 Å². The third kappa shape index (κ3) is 4.59. The van der Waals surface area contributed by atoms with Crippen molar-refractivity contribution < 1.29 is 14.3 Å². The van der Waals surface area contributed by atoms with Crippen LogP contribution in [0.4, 0.5) is 5.82 Å². The number of anilines is 1. The Bertz CT molecular complexity index is 784. The number of nitrogens with one attached hydrogen (secondary N) is 1. The van der Waals surface area contributed by atoms with E-state index in [-0.39, 0.29) is 12.0 Å². The van der Waals surface area contributed by atoms with E-state index < -0.39 is 0 Å². The zero-order valence-electron chi connectivity index (χ0n) is 16.0. The number of ether oxygens (including phenoxy) is 2. The van der Waals surface area contributed by atoms with E-state index >= 15 is 0 Å². The van der Waals surface area contributed by atoms with Crippen LogP contribution in [0.5, 0.6) is 5.88 Å². The lowest BCUT2D eigenvalue weighted by Crippen LogP contribution is -2.26. The minimum Gasteiger partial charge on any atom is -0.475 e. The van der Waals surface area contributed by atoms with Crippen molar-refractivity contribution in [3.8, 4) is 5.88 Å². The Morgan fingerprint density at radius 1 is 1.21 bits per heavy atom. The van der Waals surface area contributed by atoms with Crippen molar-refractivity contribution in [3.05, 3.63) is 47.8 Å². The molecule has 2 fully saturated rings. The second-order valence-electron chi connectivity index (χ2n) is 7.19. The lowest BCUT2D eigenvalue weighted by Gasteiger charge is -2.20. The fourth-order valence-corrected chi connectivity index (χ4v) is 3.61. The molecule has 2 aliphatic rings. The molecule has 0 aliphatic carbocycles. The lowest BCUT2D eigenvalue weighted by atomic mass is 10.2. The molecule has 1 amide bonds. The van der Waals surface area contributed by atoms with Gasteiger partial charge in [-0.3, -0.25) is 4.79 Å². The van der Waals surface area contributed by atoms with Crippen LogP contribution >= 0.6 is 0 Å². The number of carbonyl (C=O) groups excluding carboxylic acids is 1. The van der Waals surface area contributed by atoms with Gasteiger partial charge in [-0.05, 0) is 37.8 Å². The van der Waals surface area contributed by atoms with E-state index in [2.05, 4.69) is 20.2 Å². The summed E-state index contributed by atoms with van der Waals surface area (Å²) < 4.78 is 11.2. The largest absolute Gasteiger partial charge is 0.475 e. The molecule has 1 atom stereocenters. The minimum absolute atomic E-state index is 0.147. The molecule has 0 saturated carbocycles.